The van der Waals surface area contributed by atoms with Crippen molar-refractivity contribution in [3.63, 3.8) is 0 Å². The van der Waals surface area contributed by atoms with Crippen LogP contribution in [0.1, 0.15) is 43.5 Å². The number of hydrogen-bond donors (Lipinski definition) is 1. The second-order valence-electron chi connectivity index (χ2n) is 5.32. The van der Waals surface area contributed by atoms with Gasteiger partial charge in [0, 0.05) is 24.8 Å². The second kappa shape index (κ2) is 6.66. The van der Waals surface area contributed by atoms with Crippen LogP contribution in [0.4, 0.5) is 0 Å². The molecule has 1 aliphatic carbocycles. The average Bonchev–Trinajstić information content (AvgIpc) is 2.41. The first-order chi connectivity index (χ1) is 9.09. The summed E-state index contributed by atoms with van der Waals surface area (Å²) in [6, 6.07) is 0.631. The highest BCUT2D eigenvalue weighted by atomic mass is 79.9. The average molecular weight is 328 g/mol. The zero-order chi connectivity index (χ0) is 13.8. The minimum Gasteiger partial charge on any atom is -0.312 e. The highest BCUT2D eigenvalue weighted by Gasteiger charge is 2.13. The summed E-state index contributed by atoms with van der Waals surface area (Å²) in [5.41, 5.74) is 1.57. The molecule has 1 saturated carbocycles. The maximum atomic E-state index is 11.9. The third-order valence-electron chi connectivity index (χ3n) is 3.91. The van der Waals surface area contributed by atoms with Crippen molar-refractivity contribution in [3.8, 4) is 0 Å². The van der Waals surface area contributed by atoms with Gasteiger partial charge < -0.3 is 5.32 Å². The van der Waals surface area contributed by atoms with Crippen molar-refractivity contribution in [1.82, 2.24) is 14.9 Å². The van der Waals surface area contributed by atoms with Gasteiger partial charge in [0.15, 0.2) is 0 Å². The summed E-state index contributed by atoms with van der Waals surface area (Å²) in [4.78, 5) is 15.9. The van der Waals surface area contributed by atoms with Crippen LogP contribution >= 0.6 is 15.9 Å². The lowest BCUT2D eigenvalue weighted by Crippen LogP contribution is -2.36. The minimum absolute atomic E-state index is 0.149. The van der Waals surface area contributed by atoms with Crippen molar-refractivity contribution in [3.05, 3.63) is 26.3 Å². The third kappa shape index (κ3) is 3.66. The molecule has 1 heterocycles. The van der Waals surface area contributed by atoms with E-state index in [4.69, 9.17) is 0 Å². The van der Waals surface area contributed by atoms with Gasteiger partial charge in [-0.25, -0.2) is 4.79 Å². The van der Waals surface area contributed by atoms with Crippen molar-refractivity contribution in [2.45, 2.75) is 58.5 Å². The molecule has 0 radical (unpaired) electrons. The summed E-state index contributed by atoms with van der Waals surface area (Å²) in [5, 5.41) is 3.56. The van der Waals surface area contributed by atoms with Crippen LogP contribution in [0.2, 0.25) is 0 Å². The molecule has 0 unspecified atom stereocenters. The number of rotatable bonds is 4. The Morgan fingerprint density at radius 3 is 2.68 bits per heavy atom. The number of nitrogens with zero attached hydrogens (tertiary/aromatic N) is 2. The molecular weight excluding hydrogens is 306 g/mol. The molecule has 5 heteroatoms. The SMILES string of the molecule is Cc1nc(=O)n(CCNC2CCCCC2)c(C)c1Br. The largest absolute Gasteiger partial charge is 0.348 e. The van der Waals surface area contributed by atoms with E-state index in [2.05, 4.69) is 26.2 Å². The molecule has 0 atom stereocenters. The van der Waals surface area contributed by atoms with Crippen molar-refractivity contribution >= 4 is 15.9 Å². The van der Waals surface area contributed by atoms with E-state index in [-0.39, 0.29) is 5.69 Å². The maximum Gasteiger partial charge on any atom is 0.348 e. The lowest BCUT2D eigenvalue weighted by atomic mass is 9.95. The number of halogens is 1. The molecule has 1 aromatic rings. The minimum atomic E-state index is -0.149. The molecule has 0 aliphatic heterocycles. The lowest BCUT2D eigenvalue weighted by molar-refractivity contribution is 0.366. The van der Waals surface area contributed by atoms with Crippen LogP contribution in [-0.4, -0.2) is 22.1 Å². The zero-order valence-electron chi connectivity index (χ0n) is 11.7. The molecule has 0 saturated heterocycles. The second-order valence-corrected chi connectivity index (χ2v) is 6.11. The first-order valence-corrected chi connectivity index (χ1v) is 7.86. The lowest BCUT2D eigenvalue weighted by Gasteiger charge is -2.23. The fraction of sp³-hybridized carbons (Fsp3) is 0.714. The van der Waals surface area contributed by atoms with E-state index >= 15 is 0 Å². The summed E-state index contributed by atoms with van der Waals surface area (Å²) in [6.07, 6.45) is 6.56. The van der Waals surface area contributed by atoms with E-state index in [1.165, 1.54) is 32.1 Å². The molecule has 0 bridgehead atoms. The fourth-order valence-electron chi connectivity index (χ4n) is 2.73. The van der Waals surface area contributed by atoms with Crippen molar-refractivity contribution in [2.75, 3.05) is 6.54 Å². The smallest absolute Gasteiger partial charge is 0.312 e. The Bertz CT molecular complexity index is 492. The molecule has 1 aliphatic rings. The molecule has 19 heavy (non-hydrogen) atoms. The Morgan fingerprint density at radius 2 is 2.00 bits per heavy atom. The molecular formula is C14H22BrN3O. The van der Waals surface area contributed by atoms with Gasteiger partial charge in [-0.05, 0) is 42.6 Å². The normalized spacial score (nSPS) is 16.8. The predicted octanol–water partition coefficient (Wildman–Crippen LogP) is 2.54. The quantitative estimate of drug-likeness (QED) is 0.924. The summed E-state index contributed by atoms with van der Waals surface area (Å²) < 4.78 is 2.68. The summed E-state index contributed by atoms with van der Waals surface area (Å²) in [7, 11) is 0. The van der Waals surface area contributed by atoms with Crippen LogP contribution in [0.5, 0.6) is 0 Å². The van der Waals surface area contributed by atoms with Crippen LogP contribution in [0.15, 0.2) is 9.27 Å². The summed E-state index contributed by atoms with van der Waals surface area (Å²) in [5.74, 6) is 0. The Hall–Kier alpha value is -0.680. The Kier molecular flexibility index (Phi) is 5.16. The first kappa shape index (κ1) is 14.7. The molecule has 0 aromatic carbocycles. The highest BCUT2D eigenvalue weighted by molar-refractivity contribution is 9.10. The molecule has 0 amide bonds. The van der Waals surface area contributed by atoms with E-state index < -0.39 is 0 Å². The number of nitrogens with one attached hydrogen (secondary N) is 1. The van der Waals surface area contributed by atoms with Crippen LogP contribution in [0.3, 0.4) is 0 Å². The highest BCUT2D eigenvalue weighted by Crippen LogP contribution is 2.18. The van der Waals surface area contributed by atoms with Gasteiger partial charge in [-0.15, -0.1) is 0 Å². The van der Waals surface area contributed by atoms with Crippen LogP contribution in [0.25, 0.3) is 0 Å². The van der Waals surface area contributed by atoms with E-state index in [0.717, 1.165) is 22.4 Å². The van der Waals surface area contributed by atoms with Gasteiger partial charge in [-0.1, -0.05) is 19.3 Å². The number of hydrogen-bond acceptors (Lipinski definition) is 3. The standard InChI is InChI=1S/C14H22BrN3O/c1-10-13(15)11(2)18(14(19)17-10)9-8-16-12-6-4-3-5-7-12/h12,16H,3-9H2,1-2H3. The summed E-state index contributed by atoms with van der Waals surface area (Å²) in [6.45, 7) is 5.33. The monoisotopic (exact) mass is 327 g/mol. The van der Waals surface area contributed by atoms with Crippen LogP contribution in [-0.2, 0) is 6.54 Å². The predicted molar refractivity (Wildman–Crippen MR) is 80.5 cm³/mol. The Morgan fingerprint density at radius 1 is 1.32 bits per heavy atom. The van der Waals surface area contributed by atoms with Gasteiger partial charge in [0.25, 0.3) is 0 Å². The molecule has 2 rings (SSSR count). The van der Waals surface area contributed by atoms with Gasteiger partial charge in [-0.3, -0.25) is 4.57 Å². The topological polar surface area (TPSA) is 46.9 Å². The molecule has 1 fully saturated rings. The third-order valence-corrected chi connectivity index (χ3v) is 5.06. The maximum absolute atomic E-state index is 11.9. The van der Waals surface area contributed by atoms with Gasteiger partial charge in [-0.2, -0.15) is 4.98 Å². The van der Waals surface area contributed by atoms with E-state index in [9.17, 15) is 4.79 Å². The molecule has 1 N–H and O–H groups in total. The van der Waals surface area contributed by atoms with E-state index in [0.29, 0.717) is 12.6 Å². The Balaban J connectivity index is 1.96. The summed E-state index contributed by atoms with van der Waals surface area (Å²) >= 11 is 3.49. The fourth-order valence-corrected chi connectivity index (χ4v) is 3.03. The van der Waals surface area contributed by atoms with Gasteiger partial charge >= 0.3 is 5.69 Å². The zero-order valence-corrected chi connectivity index (χ0v) is 13.3. The van der Waals surface area contributed by atoms with Gasteiger partial charge in [0.2, 0.25) is 0 Å². The van der Waals surface area contributed by atoms with Crippen molar-refractivity contribution < 1.29 is 0 Å². The van der Waals surface area contributed by atoms with E-state index in [1.807, 2.05) is 13.8 Å². The first-order valence-electron chi connectivity index (χ1n) is 7.06. The van der Waals surface area contributed by atoms with Gasteiger partial charge in [0.05, 0.1) is 10.2 Å². The number of aromatic nitrogens is 2. The van der Waals surface area contributed by atoms with E-state index in [1.54, 1.807) is 4.57 Å². The van der Waals surface area contributed by atoms with Crippen molar-refractivity contribution in [1.29, 1.82) is 0 Å². The van der Waals surface area contributed by atoms with Crippen molar-refractivity contribution in [2.24, 2.45) is 0 Å². The molecule has 106 valence electrons. The molecule has 1 aromatic heterocycles. The molecule has 4 nitrogen and oxygen atoms in total. The Labute approximate surface area is 122 Å². The molecule has 0 spiro atoms. The van der Waals surface area contributed by atoms with Crippen LogP contribution in [0, 0.1) is 13.8 Å². The van der Waals surface area contributed by atoms with Crippen LogP contribution < -0.4 is 11.0 Å². The number of aryl methyl sites for hydroxylation is 1. The van der Waals surface area contributed by atoms with Gasteiger partial charge in [0.1, 0.15) is 0 Å².